The minimum Gasteiger partial charge on any atom is -0.462 e. The second kappa shape index (κ2) is 5.97. The summed E-state index contributed by atoms with van der Waals surface area (Å²) in [6, 6.07) is 11.7. The number of carbonyl (C=O) groups excluding carboxylic acids is 1. The number of nitrogens with zero attached hydrogens (tertiary/aromatic N) is 1. The SMILES string of the molecule is CCOC(=O)c1ccccc1Sn1c(C)ccc1C. The van der Waals surface area contributed by atoms with Crippen LogP contribution in [0.25, 0.3) is 0 Å². The highest BCUT2D eigenvalue weighted by atomic mass is 32.2. The molecule has 1 aromatic heterocycles. The highest BCUT2D eigenvalue weighted by Gasteiger charge is 2.14. The molecule has 0 saturated heterocycles. The van der Waals surface area contributed by atoms with Gasteiger partial charge in [-0.3, -0.25) is 3.97 Å². The minimum absolute atomic E-state index is 0.270. The van der Waals surface area contributed by atoms with Gasteiger partial charge in [-0.1, -0.05) is 12.1 Å². The van der Waals surface area contributed by atoms with E-state index in [1.54, 1.807) is 18.0 Å². The summed E-state index contributed by atoms with van der Waals surface area (Å²) in [5.41, 5.74) is 2.92. The van der Waals surface area contributed by atoms with Gasteiger partial charge in [0.25, 0.3) is 0 Å². The third-order valence-corrected chi connectivity index (χ3v) is 4.09. The zero-order valence-electron chi connectivity index (χ0n) is 11.3. The molecule has 1 heterocycles. The maximum Gasteiger partial charge on any atom is 0.339 e. The van der Waals surface area contributed by atoms with Gasteiger partial charge >= 0.3 is 5.97 Å². The molecule has 0 aliphatic heterocycles. The van der Waals surface area contributed by atoms with Gasteiger partial charge in [0.15, 0.2) is 0 Å². The standard InChI is InChI=1S/C15H17NO2S/c1-4-18-15(17)13-7-5-6-8-14(13)19-16-11(2)9-10-12(16)3/h5-10H,4H2,1-3H3. The molecule has 0 saturated carbocycles. The molecule has 0 spiro atoms. The molecule has 0 N–H and O–H groups in total. The summed E-state index contributed by atoms with van der Waals surface area (Å²) in [5.74, 6) is -0.270. The normalized spacial score (nSPS) is 10.5. The van der Waals surface area contributed by atoms with Gasteiger partial charge in [-0.05, 0) is 57.0 Å². The number of benzene rings is 1. The van der Waals surface area contributed by atoms with E-state index in [9.17, 15) is 4.79 Å². The van der Waals surface area contributed by atoms with E-state index < -0.39 is 0 Å². The third-order valence-electron chi connectivity index (χ3n) is 2.78. The Kier molecular flexibility index (Phi) is 4.32. The molecule has 19 heavy (non-hydrogen) atoms. The van der Waals surface area contributed by atoms with E-state index in [0.29, 0.717) is 12.2 Å². The van der Waals surface area contributed by atoms with Crippen LogP contribution in [-0.4, -0.2) is 16.5 Å². The Hall–Kier alpha value is -1.68. The molecule has 0 aliphatic rings. The quantitative estimate of drug-likeness (QED) is 0.794. The number of hydrogen-bond donors (Lipinski definition) is 0. The van der Waals surface area contributed by atoms with Gasteiger partial charge in [0, 0.05) is 16.3 Å². The summed E-state index contributed by atoms with van der Waals surface area (Å²) < 4.78 is 7.20. The number of carbonyl (C=O) groups is 1. The fourth-order valence-corrected chi connectivity index (χ4v) is 2.82. The minimum atomic E-state index is -0.270. The predicted molar refractivity (Wildman–Crippen MR) is 77.6 cm³/mol. The first-order valence-electron chi connectivity index (χ1n) is 6.23. The van der Waals surface area contributed by atoms with Gasteiger partial charge in [-0.15, -0.1) is 0 Å². The van der Waals surface area contributed by atoms with Crippen molar-refractivity contribution in [3.05, 3.63) is 53.3 Å². The molecular formula is C15H17NO2S. The van der Waals surface area contributed by atoms with Crippen LogP contribution < -0.4 is 0 Å². The molecule has 2 aromatic rings. The van der Waals surface area contributed by atoms with Crippen LogP contribution in [0.5, 0.6) is 0 Å². The van der Waals surface area contributed by atoms with Crippen molar-refractivity contribution in [2.45, 2.75) is 25.7 Å². The molecule has 0 aliphatic carbocycles. The molecule has 0 fully saturated rings. The van der Waals surface area contributed by atoms with Crippen LogP contribution in [0.3, 0.4) is 0 Å². The summed E-state index contributed by atoms with van der Waals surface area (Å²) in [6.07, 6.45) is 0. The number of esters is 1. The number of rotatable bonds is 4. The van der Waals surface area contributed by atoms with E-state index in [1.807, 2.05) is 39.0 Å². The molecule has 0 unspecified atom stereocenters. The Morgan fingerprint density at radius 1 is 1.16 bits per heavy atom. The predicted octanol–water partition coefficient (Wildman–Crippen LogP) is 3.84. The van der Waals surface area contributed by atoms with Crippen molar-refractivity contribution in [3.63, 3.8) is 0 Å². The monoisotopic (exact) mass is 275 g/mol. The molecule has 0 bridgehead atoms. The zero-order chi connectivity index (χ0) is 13.8. The number of hydrogen-bond acceptors (Lipinski definition) is 3. The van der Waals surface area contributed by atoms with Crippen LogP contribution in [0, 0.1) is 13.8 Å². The molecule has 1 aromatic carbocycles. The van der Waals surface area contributed by atoms with E-state index in [-0.39, 0.29) is 5.97 Å². The topological polar surface area (TPSA) is 31.2 Å². The molecule has 4 heteroatoms. The summed E-state index contributed by atoms with van der Waals surface area (Å²) in [5, 5.41) is 0. The highest BCUT2D eigenvalue weighted by Crippen LogP contribution is 2.28. The first-order valence-corrected chi connectivity index (χ1v) is 7.00. The number of aromatic nitrogens is 1. The lowest BCUT2D eigenvalue weighted by Crippen LogP contribution is -2.06. The van der Waals surface area contributed by atoms with Crippen molar-refractivity contribution in [2.75, 3.05) is 6.61 Å². The van der Waals surface area contributed by atoms with Gasteiger partial charge < -0.3 is 4.74 Å². The van der Waals surface area contributed by atoms with Gasteiger partial charge in [0.1, 0.15) is 0 Å². The lowest BCUT2D eigenvalue weighted by molar-refractivity contribution is 0.0522. The van der Waals surface area contributed by atoms with Crippen molar-refractivity contribution in [1.82, 2.24) is 3.97 Å². The average Bonchev–Trinajstić information content (AvgIpc) is 2.71. The maximum absolute atomic E-state index is 11.9. The zero-order valence-corrected chi connectivity index (χ0v) is 12.2. The number of ether oxygens (including phenoxy) is 1. The van der Waals surface area contributed by atoms with E-state index in [4.69, 9.17) is 4.74 Å². The smallest absolute Gasteiger partial charge is 0.339 e. The third kappa shape index (κ3) is 3.01. The fraction of sp³-hybridized carbons (Fsp3) is 0.267. The van der Waals surface area contributed by atoms with Crippen LogP contribution in [0.2, 0.25) is 0 Å². The average molecular weight is 275 g/mol. The van der Waals surface area contributed by atoms with Gasteiger partial charge in [0.2, 0.25) is 0 Å². The largest absolute Gasteiger partial charge is 0.462 e. The molecule has 0 atom stereocenters. The summed E-state index contributed by atoms with van der Waals surface area (Å²) in [7, 11) is 0. The molecule has 0 radical (unpaired) electrons. The van der Waals surface area contributed by atoms with Gasteiger partial charge in [-0.25, -0.2) is 4.79 Å². The van der Waals surface area contributed by atoms with E-state index in [2.05, 4.69) is 16.1 Å². The van der Waals surface area contributed by atoms with E-state index in [0.717, 1.165) is 16.3 Å². The van der Waals surface area contributed by atoms with Crippen molar-refractivity contribution in [2.24, 2.45) is 0 Å². The fourth-order valence-electron chi connectivity index (χ4n) is 1.82. The van der Waals surface area contributed by atoms with Crippen molar-refractivity contribution >= 4 is 17.9 Å². The lowest BCUT2D eigenvalue weighted by atomic mass is 10.2. The maximum atomic E-state index is 11.9. The Balaban J connectivity index is 2.33. The lowest BCUT2D eigenvalue weighted by Gasteiger charge is -2.11. The van der Waals surface area contributed by atoms with Crippen LogP contribution in [0.15, 0.2) is 41.3 Å². The van der Waals surface area contributed by atoms with Gasteiger partial charge in [-0.2, -0.15) is 0 Å². The summed E-state index contributed by atoms with van der Waals surface area (Å²) in [4.78, 5) is 12.8. The Morgan fingerprint density at radius 3 is 2.42 bits per heavy atom. The molecule has 100 valence electrons. The molecular weight excluding hydrogens is 258 g/mol. The Morgan fingerprint density at radius 2 is 1.79 bits per heavy atom. The molecule has 3 nitrogen and oxygen atoms in total. The first-order chi connectivity index (χ1) is 9.13. The van der Waals surface area contributed by atoms with Crippen LogP contribution in [0.1, 0.15) is 28.7 Å². The van der Waals surface area contributed by atoms with Crippen LogP contribution in [0.4, 0.5) is 0 Å². The highest BCUT2D eigenvalue weighted by molar-refractivity contribution is 7.98. The first kappa shape index (κ1) is 13.7. The summed E-state index contributed by atoms with van der Waals surface area (Å²) >= 11 is 1.54. The Bertz CT molecular complexity index is 570. The molecule has 2 rings (SSSR count). The second-order valence-electron chi connectivity index (χ2n) is 4.22. The van der Waals surface area contributed by atoms with Crippen molar-refractivity contribution < 1.29 is 9.53 Å². The van der Waals surface area contributed by atoms with E-state index >= 15 is 0 Å². The van der Waals surface area contributed by atoms with Crippen molar-refractivity contribution in [1.29, 1.82) is 0 Å². The second-order valence-corrected chi connectivity index (χ2v) is 5.21. The number of aryl methyl sites for hydroxylation is 2. The van der Waals surface area contributed by atoms with Crippen molar-refractivity contribution in [3.8, 4) is 0 Å². The van der Waals surface area contributed by atoms with Crippen LogP contribution in [-0.2, 0) is 4.74 Å². The molecule has 0 amide bonds. The van der Waals surface area contributed by atoms with Gasteiger partial charge in [0.05, 0.1) is 12.2 Å². The van der Waals surface area contributed by atoms with E-state index in [1.165, 1.54) is 0 Å². The Labute approximate surface area is 117 Å². The summed E-state index contributed by atoms with van der Waals surface area (Å²) in [6.45, 7) is 6.30. The van der Waals surface area contributed by atoms with Crippen LogP contribution >= 0.6 is 11.9 Å².